The molecule has 2 aromatic carbocycles. The van der Waals surface area contributed by atoms with Gasteiger partial charge in [0.1, 0.15) is 17.2 Å². The maximum absolute atomic E-state index is 9.46. The van der Waals surface area contributed by atoms with Gasteiger partial charge >= 0.3 is 0 Å². The Balaban J connectivity index is 1.99. The van der Waals surface area contributed by atoms with E-state index in [1.54, 1.807) is 25.3 Å². The van der Waals surface area contributed by atoms with Crippen molar-refractivity contribution in [2.24, 2.45) is 0 Å². The maximum Gasteiger partial charge on any atom is 0.119 e. The monoisotopic (exact) mass is 274 g/mol. The van der Waals surface area contributed by atoms with E-state index in [1.807, 2.05) is 30.3 Å². The van der Waals surface area contributed by atoms with Crippen molar-refractivity contribution in [1.29, 1.82) is 0 Å². The van der Waals surface area contributed by atoms with Crippen LogP contribution >= 0.6 is 0 Å². The van der Waals surface area contributed by atoms with Gasteiger partial charge in [-0.1, -0.05) is 12.1 Å². The van der Waals surface area contributed by atoms with E-state index < -0.39 is 0 Å². The summed E-state index contributed by atoms with van der Waals surface area (Å²) in [6, 6.07) is 14.1. The third kappa shape index (κ3) is 3.65. The summed E-state index contributed by atoms with van der Waals surface area (Å²) in [5.41, 5.74) is 0.848. The van der Waals surface area contributed by atoms with Crippen molar-refractivity contribution in [3.05, 3.63) is 54.1 Å². The number of aliphatic hydroxyl groups is 1. The smallest absolute Gasteiger partial charge is 0.119 e. The Morgan fingerprint density at radius 3 is 2.35 bits per heavy atom. The minimum absolute atomic E-state index is 0.0421. The quantitative estimate of drug-likeness (QED) is 0.850. The molecule has 4 nitrogen and oxygen atoms in total. The Morgan fingerprint density at radius 2 is 1.75 bits per heavy atom. The molecule has 1 unspecified atom stereocenters. The standard InChI is InChI=1S/C16H18O4/c1-19-15-5-7-16(8-6-15)20-11-13(10-17)12-3-2-4-14(18)9-12/h2-9,13,17-18H,10-11H2,1H3. The molecule has 0 aromatic heterocycles. The summed E-state index contributed by atoms with van der Waals surface area (Å²) < 4.78 is 10.7. The van der Waals surface area contributed by atoms with E-state index in [-0.39, 0.29) is 18.3 Å². The van der Waals surface area contributed by atoms with Crippen LogP contribution in [0.2, 0.25) is 0 Å². The molecule has 106 valence electrons. The van der Waals surface area contributed by atoms with Gasteiger partial charge in [0, 0.05) is 5.92 Å². The minimum atomic E-state index is -0.177. The summed E-state index contributed by atoms with van der Waals surface area (Å²) in [6.45, 7) is 0.298. The molecule has 0 saturated carbocycles. The Morgan fingerprint density at radius 1 is 1.05 bits per heavy atom. The van der Waals surface area contributed by atoms with Crippen LogP contribution in [-0.4, -0.2) is 30.5 Å². The fraction of sp³-hybridized carbons (Fsp3) is 0.250. The number of hydrogen-bond acceptors (Lipinski definition) is 4. The molecule has 1 atom stereocenters. The second-order valence-electron chi connectivity index (χ2n) is 4.46. The first-order valence-corrected chi connectivity index (χ1v) is 6.39. The predicted octanol–water partition coefficient (Wildman–Crippen LogP) is 2.56. The largest absolute Gasteiger partial charge is 0.508 e. The van der Waals surface area contributed by atoms with E-state index in [1.165, 1.54) is 0 Å². The molecule has 0 aliphatic heterocycles. The maximum atomic E-state index is 9.46. The molecule has 0 aliphatic rings. The molecule has 2 N–H and O–H groups in total. The van der Waals surface area contributed by atoms with E-state index in [4.69, 9.17) is 9.47 Å². The highest BCUT2D eigenvalue weighted by Gasteiger charge is 2.12. The Kier molecular flexibility index (Phi) is 4.85. The highest BCUT2D eigenvalue weighted by atomic mass is 16.5. The van der Waals surface area contributed by atoms with Crippen LogP contribution < -0.4 is 9.47 Å². The topological polar surface area (TPSA) is 58.9 Å². The van der Waals surface area contributed by atoms with Crippen molar-refractivity contribution < 1.29 is 19.7 Å². The third-order valence-corrected chi connectivity index (χ3v) is 3.07. The average molecular weight is 274 g/mol. The number of hydrogen-bond donors (Lipinski definition) is 2. The molecule has 0 heterocycles. The van der Waals surface area contributed by atoms with Crippen LogP contribution in [0, 0.1) is 0 Å². The lowest BCUT2D eigenvalue weighted by Crippen LogP contribution is -2.14. The fourth-order valence-corrected chi connectivity index (χ4v) is 1.90. The molecule has 2 aromatic rings. The van der Waals surface area contributed by atoms with Crippen LogP contribution in [0.1, 0.15) is 11.5 Å². The van der Waals surface area contributed by atoms with Crippen molar-refractivity contribution >= 4 is 0 Å². The molecule has 0 spiro atoms. The van der Waals surface area contributed by atoms with Crippen molar-refractivity contribution in [1.82, 2.24) is 0 Å². The van der Waals surface area contributed by atoms with Gasteiger partial charge in [-0.15, -0.1) is 0 Å². The summed E-state index contributed by atoms with van der Waals surface area (Å²) in [4.78, 5) is 0. The van der Waals surface area contributed by atoms with E-state index in [2.05, 4.69) is 0 Å². The highest BCUT2D eigenvalue weighted by molar-refractivity contribution is 5.32. The molecule has 2 rings (SSSR count). The number of aromatic hydroxyl groups is 1. The summed E-state index contributed by atoms with van der Waals surface area (Å²) in [5, 5.41) is 18.9. The Labute approximate surface area is 118 Å². The average Bonchev–Trinajstić information content (AvgIpc) is 2.48. The third-order valence-electron chi connectivity index (χ3n) is 3.07. The first kappa shape index (κ1) is 14.2. The fourth-order valence-electron chi connectivity index (χ4n) is 1.90. The van der Waals surface area contributed by atoms with E-state index >= 15 is 0 Å². The zero-order valence-corrected chi connectivity index (χ0v) is 11.3. The number of aliphatic hydroxyl groups excluding tert-OH is 1. The summed E-state index contributed by atoms with van der Waals surface area (Å²) in [7, 11) is 1.61. The van der Waals surface area contributed by atoms with Gasteiger partial charge in [0.25, 0.3) is 0 Å². The number of benzene rings is 2. The lowest BCUT2D eigenvalue weighted by atomic mass is 10.0. The second kappa shape index (κ2) is 6.82. The summed E-state index contributed by atoms with van der Waals surface area (Å²) in [5.74, 6) is 1.49. The highest BCUT2D eigenvalue weighted by Crippen LogP contribution is 2.22. The van der Waals surface area contributed by atoms with Crippen LogP contribution in [0.15, 0.2) is 48.5 Å². The van der Waals surface area contributed by atoms with Gasteiger partial charge in [0.2, 0.25) is 0 Å². The molecule has 0 radical (unpaired) electrons. The van der Waals surface area contributed by atoms with Gasteiger partial charge in [-0.05, 0) is 42.0 Å². The molecule has 0 amide bonds. The number of rotatable bonds is 6. The lowest BCUT2D eigenvalue weighted by molar-refractivity contribution is 0.205. The summed E-state index contributed by atoms with van der Waals surface area (Å²) in [6.07, 6.45) is 0. The summed E-state index contributed by atoms with van der Waals surface area (Å²) >= 11 is 0. The van der Waals surface area contributed by atoms with Crippen LogP contribution in [0.25, 0.3) is 0 Å². The molecule has 0 aliphatic carbocycles. The first-order valence-electron chi connectivity index (χ1n) is 6.39. The van der Waals surface area contributed by atoms with Gasteiger partial charge in [-0.3, -0.25) is 0 Å². The zero-order valence-electron chi connectivity index (χ0n) is 11.3. The van der Waals surface area contributed by atoms with Crippen LogP contribution in [0.3, 0.4) is 0 Å². The van der Waals surface area contributed by atoms with Gasteiger partial charge in [0.15, 0.2) is 0 Å². The van der Waals surface area contributed by atoms with E-state index in [9.17, 15) is 10.2 Å². The van der Waals surface area contributed by atoms with E-state index in [0.29, 0.717) is 12.4 Å². The normalized spacial score (nSPS) is 11.9. The molecule has 4 heteroatoms. The van der Waals surface area contributed by atoms with Gasteiger partial charge < -0.3 is 19.7 Å². The number of methoxy groups -OCH3 is 1. The Hall–Kier alpha value is -2.20. The predicted molar refractivity (Wildman–Crippen MR) is 76.4 cm³/mol. The number of ether oxygens (including phenoxy) is 2. The van der Waals surface area contributed by atoms with Crippen molar-refractivity contribution in [3.63, 3.8) is 0 Å². The second-order valence-corrected chi connectivity index (χ2v) is 4.46. The van der Waals surface area contributed by atoms with Crippen molar-refractivity contribution in [2.75, 3.05) is 20.3 Å². The van der Waals surface area contributed by atoms with Gasteiger partial charge in [-0.2, -0.15) is 0 Å². The molecule has 0 bridgehead atoms. The van der Waals surface area contributed by atoms with Crippen LogP contribution in [-0.2, 0) is 0 Å². The SMILES string of the molecule is COc1ccc(OCC(CO)c2cccc(O)c2)cc1. The minimum Gasteiger partial charge on any atom is -0.508 e. The van der Waals surface area contributed by atoms with Gasteiger partial charge in [0.05, 0.1) is 20.3 Å². The zero-order chi connectivity index (χ0) is 14.4. The molecular formula is C16H18O4. The lowest BCUT2D eigenvalue weighted by Gasteiger charge is -2.16. The Bertz CT molecular complexity index is 536. The molecule has 0 saturated heterocycles. The molecule has 0 fully saturated rings. The van der Waals surface area contributed by atoms with E-state index in [0.717, 1.165) is 11.3 Å². The van der Waals surface area contributed by atoms with Crippen LogP contribution in [0.5, 0.6) is 17.2 Å². The number of phenols is 1. The van der Waals surface area contributed by atoms with Crippen molar-refractivity contribution in [2.45, 2.75) is 5.92 Å². The first-order chi connectivity index (χ1) is 9.72. The number of phenolic OH excluding ortho intramolecular Hbond substituents is 1. The molecule has 20 heavy (non-hydrogen) atoms. The van der Waals surface area contributed by atoms with Crippen LogP contribution in [0.4, 0.5) is 0 Å². The van der Waals surface area contributed by atoms with Gasteiger partial charge in [-0.25, -0.2) is 0 Å². The van der Waals surface area contributed by atoms with Crippen molar-refractivity contribution in [3.8, 4) is 17.2 Å². The molecular weight excluding hydrogens is 256 g/mol.